The fraction of sp³-hybridized carbons (Fsp3) is 0.560. The Morgan fingerprint density at radius 3 is 2.32 bits per heavy atom. The highest BCUT2D eigenvalue weighted by Crippen LogP contribution is 2.22. The number of nitrogens with zero attached hydrogens (tertiary/aromatic N) is 5. The van der Waals surface area contributed by atoms with Crippen LogP contribution >= 0.6 is 0 Å². The topological polar surface area (TPSA) is 100 Å². The van der Waals surface area contributed by atoms with E-state index in [0.29, 0.717) is 49.7 Å². The molecule has 2 aromatic rings. The van der Waals surface area contributed by atoms with Crippen molar-refractivity contribution in [2.75, 3.05) is 26.4 Å². The molecule has 0 N–H and O–H groups in total. The summed E-state index contributed by atoms with van der Waals surface area (Å²) < 4.78 is 11.0. The maximum Gasteiger partial charge on any atom is 0.220 e. The van der Waals surface area contributed by atoms with E-state index in [-0.39, 0.29) is 5.41 Å². The van der Waals surface area contributed by atoms with E-state index < -0.39 is 0 Å². The van der Waals surface area contributed by atoms with Crippen LogP contribution < -0.4 is 9.47 Å². The largest absolute Gasteiger partial charge is 0.478 e. The predicted octanol–water partition coefficient (Wildman–Crippen LogP) is 4.50. The van der Waals surface area contributed by atoms with E-state index in [4.69, 9.17) is 19.1 Å². The highest BCUT2D eigenvalue weighted by molar-refractivity contribution is 6.00. The molecule has 9 nitrogen and oxygen atoms in total. The molecule has 0 spiro atoms. The third-order valence-corrected chi connectivity index (χ3v) is 5.13. The molecule has 0 fully saturated rings. The number of hydrogen-bond donors (Lipinski definition) is 0. The van der Waals surface area contributed by atoms with E-state index in [2.05, 4.69) is 31.3 Å². The number of aryl methyl sites for hydroxylation is 2. The smallest absolute Gasteiger partial charge is 0.220 e. The minimum atomic E-state index is -0.310. The summed E-state index contributed by atoms with van der Waals surface area (Å²) in [5.74, 6) is 1.27. The third kappa shape index (κ3) is 7.13. The van der Waals surface area contributed by atoms with Crippen molar-refractivity contribution < 1.29 is 19.1 Å². The number of fused-ring (bicyclic) bond motifs is 1. The van der Waals surface area contributed by atoms with Gasteiger partial charge in [-0.1, -0.05) is 30.2 Å². The van der Waals surface area contributed by atoms with Gasteiger partial charge in [0.1, 0.15) is 24.6 Å². The molecule has 0 saturated heterocycles. The third-order valence-electron chi connectivity index (χ3n) is 5.13. The summed E-state index contributed by atoms with van der Waals surface area (Å²) >= 11 is 0. The summed E-state index contributed by atoms with van der Waals surface area (Å²) in [7, 11) is 0. The molecule has 34 heavy (non-hydrogen) atoms. The van der Waals surface area contributed by atoms with Crippen LogP contribution in [0.25, 0.3) is 0 Å². The number of ether oxygens (including phenoxy) is 2. The number of pyridine rings is 1. The van der Waals surface area contributed by atoms with Gasteiger partial charge in [-0.25, -0.2) is 0 Å². The maximum absolute atomic E-state index is 5.72. The fourth-order valence-electron chi connectivity index (χ4n) is 3.37. The van der Waals surface area contributed by atoms with Crippen molar-refractivity contribution in [3.05, 3.63) is 41.0 Å². The Hall–Kier alpha value is -3.23. The average molecular weight is 470 g/mol. The van der Waals surface area contributed by atoms with E-state index in [1.54, 1.807) is 13.0 Å². The molecule has 2 heterocycles. The van der Waals surface area contributed by atoms with Gasteiger partial charge in [0.15, 0.2) is 5.82 Å². The Bertz CT molecular complexity index is 1010. The lowest BCUT2D eigenvalue weighted by molar-refractivity contribution is -0.000181. The van der Waals surface area contributed by atoms with Crippen LogP contribution in [0.1, 0.15) is 70.2 Å². The van der Waals surface area contributed by atoms with Crippen molar-refractivity contribution in [2.45, 2.75) is 60.8 Å². The molecule has 0 aliphatic heterocycles. The fourth-order valence-corrected chi connectivity index (χ4v) is 3.37. The second-order valence-corrected chi connectivity index (χ2v) is 8.97. The van der Waals surface area contributed by atoms with E-state index in [1.165, 1.54) is 5.56 Å². The second kappa shape index (κ2) is 11.8. The Balaban J connectivity index is 1.58. The zero-order valence-electron chi connectivity index (χ0n) is 21.1. The summed E-state index contributed by atoms with van der Waals surface area (Å²) in [6.45, 7) is 13.4. The van der Waals surface area contributed by atoms with E-state index in [0.717, 1.165) is 36.4 Å². The quantitative estimate of drug-likeness (QED) is 0.353. The monoisotopic (exact) mass is 469 g/mol. The minimum absolute atomic E-state index is 0.310. The van der Waals surface area contributed by atoms with Crippen LogP contribution in [0.3, 0.4) is 0 Å². The summed E-state index contributed by atoms with van der Waals surface area (Å²) in [6.07, 6.45) is 2.95. The van der Waals surface area contributed by atoms with Crippen LogP contribution in [-0.2, 0) is 16.1 Å². The molecule has 9 heteroatoms. The molecular weight excluding hydrogens is 434 g/mol. The molecule has 0 amide bonds. The van der Waals surface area contributed by atoms with E-state index in [9.17, 15) is 0 Å². The van der Waals surface area contributed by atoms with Gasteiger partial charge >= 0.3 is 0 Å². The Morgan fingerprint density at radius 2 is 1.65 bits per heavy atom. The van der Waals surface area contributed by atoms with Crippen LogP contribution in [-0.4, -0.2) is 52.8 Å². The predicted molar refractivity (Wildman–Crippen MR) is 131 cm³/mol. The zero-order valence-corrected chi connectivity index (χ0v) is 21.1. The van der Waals surface area contributed by atoms with Gasteiger partial charge in [-0.2, -0.15) is 9.97 Å². The van der Waals surface area contributed by atoms with Gasteiger partial charge in [-0.05, 0) is 58.6 Å². The number of oxime groups is 2. The molecule has 1 aliphatic carbocycles. The first-order valence-electron chi connectivity index (χ1n) is 11.8. The molecule has 0 radical (unpaired) electrons. The molecule has 2 aromatic heterocycles. The molecule has 0 aromatic carbocycles. The summed E-state index contributed by atoms with van der Waals surface area (Å²) in [6, 6.07) is 5.84. The van der Waals surface area contributed by atoms with Crippen LogP contribution in [0.5, 0.6) is 11.8 Å². The van der Waals surface area contributed by atoms with Crippen LogP contribution in [0, 0.1) is 12.3 Å². The highest BCUT2D eigenvalue weighted by atomic mass is 16.6. The zero-order chi connectivity index (χ0) is 24.6. The van der Waals surface area contributed by atoms with Crippen molar-refractivity contribution in [1.82, 2.24) is 15.0 Å². The minimum Gasteiger partial charge on any atom is -0.478 e. The first-order chi connectivity index (χ1) is 16.3. The standard InChI is InChI=1S/C25H35N5O4/c1-7-31-21-14-22(32-8-2)28-24(27-21)18(4)29-33-15-25(5,6)16-34-30-20-11-9-10-19-13-12-17(3)26-23(19)20/h12-14H,7-11,15-16H2,1-6H3/b29-18+,30-20+. The van der Waals surface area contributed by atoms with Gasteiger partial charge in [-0.15, -0.1) is 0 Å². The van der Waals surface area contributed by atoms with E-state index in [1.807, 2.05) is 40.7 Å². The lowest BCUT2D eigenvalue weighted by Crippen LogP contribution is -2.25. The SMILES string of the molecule is CCOc1cc(OCC)nc(/C(C)=N/OCC(C)(C)CO/N=C2\CCCc3ccc(C)nc32)n1. The molecule has 0 atom stereocenters. The number of rotatable bonds is 11. The summed E-state index contributed by atoms with van der Waals surface area (Å²) in [5.41, 5.74) is 4.30. The van der Waals surface area contributed by atoms with Gasteiger partial charge in [0.2, 0.25) is 11.8 Å². The summed E-state index contributed by atoms with van der Waals surface area (Å²) in [4.78, 5) is 24.7. The first kappa shape index (κ1) is 25.4. The van der Waals surface area contributed by atoms with Gasteiger partial charge in [0.25, 0.3) is 0 Å². The molecule has 1 aliphatic rings. The van der Waals surface area contributed by atoms with Gasteiger partial charge < -0.3 is 19.1 Å². The molecule has 0 unspecified atom stereocenters. The molecule has 0 saturated carbocycles. The molecule has 184 valence electrons. The first-order valence-corrected chi connectivity index (χ1v) is 11.8. The molecule has 3 rings (SSSR count). The van der Waals surface area contributed by atoms with Gasteiger partial charge in [0, 0.05) is 11.1 Å². The Labute approximate surface area is 201 Å². The molecule has 0 bridgehead atoms. The van der Waals surface area contributed by atoms with Crippen molar-refractivity contribution in [2.24, 2.45) is 15.7 Å². The Morgan fingerprint density at radius 1 is 0.971 bits per heavy atom. The maximum atomic E-state index is 5.72. The highest BCUT2D eigenvalue weighted by Gasteiger charge is 2.22. The number of aromatic nitrogens is 3. The van der Waals surface area contributed by atoms with E-state index >= 15 is 0 Å². The van der Waals surface area contributed by atoms with Crippen molar-refractivity contribution in [1.29, 1.82) is 0 Å². The van der Waals surface area contributed by atoms with Gasteiger partial charge in [0.05, 0.1) is 25.0 Å². The molecular formula is C25H35N5O4. The van der Waals surface area contributed by atoms with Crippen LogP contribution in [0.4, 0.5) is 0 Å². The number of hydrogen-bond acceptors (Lipinski definition) is 9. The van der Waals surface area contributed by atoms with Crippen molar-refractivity contribution >= 4 is 11.4 Å². The van der Waals surface area contributed by atoms with Gasteiger partial charge in [-0.3, -0.25) is 4.98 Å². The second-order valence-electron chi connectivity index (χ2n) is 8.97. The van der Waals surface area contributed by atoms with Crippen molar-refractivity contribution in [3.63, 3.8) is 0 Å². The van der Waals surface area contributed by atoms with Crippen molar-refractivity contribution in [3.8, 4) is 11.8 Å². The van der Waals surface area contributed by atoms with Crippen LogP contribution in [0.2, 0.25) is 0 Å². The van der Waals surface area contributed by atoms with Crippen LogP contribution in [0.15, 0.2) is 28.5 Å². The lowest BCUT2D eigenvalue weighted by Gasteiger charge is -2.22. The summed E-state index contributed by atoms with van der Waals surface area (Å²) in [5, 5.41) is 8.61. The Kier molecular flexibility index (Phi) is 8.79. The lowest BCUT2D eigenvalue weighted by atomic mass is 9.94. The average Bonchev–Trinajstić information content (AvgIpc) is 2.79. The normalized spacial score (nSPS) is 15.1.